The third-order valence-corrected chi connectivity index (χ3v) is 4.72. The van der Waals surface area contributed by atoms with Crippen molar-refractivity contribution < 1.29 is 23.8 Å². The summed E-state index contributed by atoms with van der Waals surface area (Å²) in [6.07, 6.45) is 1.77. The quantitative estimate of drug-likeness (QED) is 0.767. The summed E-state index contributed by atoms with van der Waals surface area (Å²) in [6, 6.07) is 4.05. The molecule has 1 fully saturated rings. The number of halogens is 1. The van der Waals surface area contributed by atoms with Gasteiger partial charge in [0.25, 0.3) is 0 Å². The molecule has 0 radical (unpaired) electrons. The molecule has 8 heteroatoms. The number of esters is 1. The lowest BCUT2D eigenvalue weighted by Crippen LogP contribution is -2.45. The molecule has 0 bridgehead atoms. The van der Waals surface area contributed by atoms with E-state index in [4.69, 9.17) is 25.8 Å². The number of urea groups is 1. The van der Waals surface area contributed by atoms with Crippen LogP contribution >= 0.6 is 11.6 Å². The molecule has 3 rings (SSSR count). The Bertz CT molecular complexity index is 743. The zero-order chi connectivity index (χ0) is 18.7. The Labute approximate surface area is 156 Å². The molecule has 26 heavy (non-hydrogen) atoms. The highest BCUT2D eigenvalue weighted by Crippen LogP contribution is 2.33. The first-order chi connectivity index (χ1) is 12.5. The van der Waals surface area contributed by atoms with Crippen LogP contribution in [0.4, 0.5) is 4.79 Å². The van der Waals surface area contributed by atoms with Crippen LogP contribution in [0.3, 0.4) is 0 Å². The van der Waals surface area contributed by atoms with Gasteiger partial charge >= 0.3 is 12.0 Å². The maximum atomic E-state index is 12.7. The molecule has 1 aromatic carbocycles. The SMILES string of the molecule is COc1ccc([C@H]2NC(=O)NC(C)=C2C(=O)OC[C@H]2CCCO2)cc1Cl. The molecule has 1 aromatic rings. The van der Waals surface area contributed by atoms with Crippen molar-refractivity contribution in [2.75, 3.05) is 20.3 Å². The van der Waals surface area contributed by atoms with Gasteiger partial charge in [0.05, 0.1) is 29.9 Å². The molecule has 1 saturated heterocycles. The minimum Gasteiger partial charge on any atom is -0.495 e. The van der Waals surface area contributed by atoms with Crippen LogP contribution in [0.5, 0.6) is 5.75 Å². The first-order valence-corrected chi connectivity index (χ1v) is 8.78. The summed E-state index contributed by atoms with van der Waals surface area (Å²) in [5, 5.41) is 5.75. The first-order valence-electron chi connectivity index (χ1n) is 8.40. The van der Waals surface area contributed by atoms with Gasteiger partial charge in [-0.15, -0.1) is 0 Å². The second-order valence-corrected chi connectivity index (χ2v) is 6.60. The fourth-order valence-electron chi connectivity index (χ4n) is 3.10. The lowest BCUT2D eigenvalue weighted by molar-refractivity contribution is -0.142. The maximum absolute atomic E-state index is 12.7. The molecule has 0 unspecified atom stereocenters. The molecule has 2 amide bonds. The largest absolute Gasteiger partial charge is 0.495 e. The molecule has 2 aliphatic rings. The van der Waals surface area contributed by atoms with E-state index < -0.39 is 18.0 Å². The predicted molar refractivity (Wildman–Crippen MR) is 95.0 cm³/mol. The topological polar surface area (TPSA) is 85.9 Å². The summed E-state index contributed by atoms with van der Waals surface area (Å²) in [4.78, 5) is 24.6. The van der Waals surface area contributed by atoms with Crippen molar-refractivity contribution >= 4 is 23.6 Å². The van der Waals surface area contributed by atoms with Crippen LogP contribution in [0.25, 0.3) is 0 Å². The average Bonchev–Trinajstić information content (AvgIpc) is 3.12. The number of rotatable bonds is 5. The molecule has 2 aliphatic heterocycles. The number of methoxy groups -OCH3 is 1. The molecule has 0 aromatic heterocycles. The van der Waals surface area contributed by atoms with E-state index in [-0.39, 0.29) is 12.7 Å². The zero-order valence-corrected chi connectivity index (χ0v) is 15.4. The standard InChI is InChI=1S/C18H21ClN2O5/c1-10-15(17(22)26-9-12-4-3-7-25-12)16(21-18(23)20-10)11-5-6-14(24-2)13(19)8-11/h5-6,8,12,16H,3-4,7,9H2,1-2H3,(H2,20,21,23)/t12-,16-/m1/s1. The van der Waals surface area contributed by atoms with Crippen molar-refractivity contribution in [2.24, 2.45) is 0 Å². The van der Waals surface area contributed by atoms with Crippen LogP contribution < -0.4 is 15.4 Å². The fourth-order valence-corrected chi connectivity index (χ4v) is 3.36. The van der Waals surface area contributed by atoms with E-state index in [0.717, 1.165) is 12.8 Å². The summed E-state index contributed by atoms with van der Waals surface area (Å²) >= 11 is 6.19. The predicted octanol–water partition coefficient (Wildman–Crippen LogP) is 2.70. The highest BCUT2D eigenvalue weighted by atomic mass is 35.5. The van der Waals surface area contributed by atoms with Crippen molar-refractivity contribution in [1.82, 2.24) is 10.6 Å². The molecule has 7 nitrogen and oxygen atoms in total. The van der Waals surface area contributed by atoms with Gasteiger partial charge in [-0.2, -0.15) is 0 Å². The van der Waals surface area contributed by atoms with Crippen LogP contribution in [-0.2, 0) is 14.3 Å². The van der Waals surface area contributed by atoms with Crippen molar-refractivity contribution in [1.29, 1.82) is 0 Å². The van der Waals surface area contributed by atoms with Gasteiger partial charge in [0.1, 0.15) is 12.4 Å². The van der Waals surface area contributed by atoms with Crippen molar-refractivity contribution in [3.8, 4) is 5.75 Å². The number of nitrogens with one attached hydrogen (secondary N) is 2. The number of allylic oxidation sites excluding steroid dienone is 1. The Morgan fingerprint density at radius 3 is 2.88 bits per heavy atom. The van der Waals surface area contributed by atoms with Crippen molar-refractivity contribution in [2.45, 2.75) is 31.9 Å². The number of ether oxygens (including phenoxy) is 3. The van der Waals surface area contributed by atoms with Gasteiger partial charge in [0.2, 0.25) is 0 Å². The molecule has 0 saturated carbocycles. The highest BCUT2D eigenvalue weighted by molar-refractivity contribution is 6.32. The van der Waals surface area contributed by atoms with Crippen molar-refractivity contribution in [3.63, 3.8) is 0 Å². The van der Waals surface area contributed by atoms with E-state index in [0.29, 0.717) is 34.2 Å². The van der Waals surface area contributed by atoms with Gasteiger partial charge in [-0.05, 0) is 37.5 Å². The Morgan fingerprint density at radius 2 is 2.23 bits per heavy atom. The third kappa shape index (κ3) is 3.94. The maximum Gasteiger partial charge on any atom is 0.338 e. The van der Waals surface area contributed by atoms with Crippen LogP contribution in [0, 0.1) is 0 Å². The second kappa shape index (κ2) is 7.97. The minimum atomic E-state index is -0.663. The van der Waals surface area contributed by atoms with Crippen LogP contribution in [0.2, 0.25) is 5.02 Å². The molecule has 140 valence electrons. The first kappa shape index (κ1) is 18.5. The number of hydrogen-bond donors (Lipinski definition) is 2. The van der Waals surface area contributed by atoms with Gasteiger partial charge in [-0.25, -0.2) is 9.59 Å². The molecule has 2 N–H and O–H groups in total. The highest BCUT2D eigenvalue weighted by Gasteiger charge is 2.33. The smallest absolute Gasteiger partial charge is 0.338 e. The van der Waals surface area contributed by atoms with E-state index in [1.165, 1.54) is 7.11 Å². The summed E-state index contributed by atoms with van der Waals surface area (Å²) in [7, 11) is 1.52. The Balaban J connectivity index is 1.84. The van der Waals surface area contributed by atoms with Gasteiger partial charge in [0.15, 0.2) is 0 Å². The normalized spacial score (nSPS) is 22.7. The number of amides is 2. The summed E-state index contributed by atoms with van der Waals surface area (Å²) in [6.45, 7) is 2.55. The molecule has 0 spiro atoms. The minimum absolute atomic E-state index is 0.0696. The van der Waals surface area contributed by atoms with E-state index >= 15 is 0 Å². The number of carbonyl (C=O) groups excluding carboxylic acids is 2. The molecular formula is C18H21ClN2O5. The summed E-state index contributed by atoms with van der Waals surface area (Å²) < 4.78 is 16.1. The lowest BCUT2D eigenvalue weighted by atomic mass is 9.95. The average molecular weight is 381 g/mol. The molecule has 2 heterocycles. The third-order valence-electron chi connectivity index (χ3n) is 4.42. The van der Waals surface area contributed by atoms with Crippen LogP contribution in [0.15, 0.2) is 29.5 Å². The number of hydrogen-bond acceptors (Lipinski definition) is 5. The van der Waals surface area contributed by atoms with Crippen LogP contribution in [-0.4, -0.2) is 38.4 Å². The number of benzene rings is 1. The Kier molecular flexibility index (Phi) is 5.68. The molecular weight excluding hydrogens is 360 g/mol. The molecule has 0 aliphatic carbocycles. The fraction of sp³-hybridized carbons (Fsp3) is 0.444. The molecule has 2 atom stereocenters. The second-order valence-electron chi connectivity index (χ2n) is 6.20. The van der Waals surface area contributed by atoms with Gasteiger partial charge in [-0.1, -0.05) is 17.7 Å². The van der Waals surface area contributed by atoms with Gasteiger partial charge < -0.3 is 24.8 Å². The zero-order valence-electron chi connectivity index (χ0n) is 14.6. The van der Waals surface area contributed by atoms with E-state index in [1.807, 2.05) is 0 Å². The van der Waals surface area contributed by atoms with Gasteiger partial charge in [0, 0.05) is 12.3 Å². The van der Waals surface area contributed by atoms with Crippen molar-refractivity contribution in [3.05, 3.63) is 40.1 Å². The lowest BCUT2D eigenvalue weighted by Gasteiger charge is -2.28. The monoisotopic (exact) mass is 380 g/mol. The van der Waals surface area contributed by atoms with E-state index in [9.17, 15) is 9.59 Å². The summed E-state index contributed by atoms with van der Waals surface area (Å²) in [5.41, 5.74) is 1.45. The van der Waals surface area contributed by atoms with E-state index in [2.05, 4.69) is 10.6 Å². The Hall–Kier alpha value is -2.25. The van der Waals surface area contributed by atoms with E-state index in [1.54, 1.807) is 25.1 Å². The Morgan fingerprint density at radius 1 is 1.42 bits per heavy atom. The van der Waals surface area contributed by atoms with Crippen LogP contribution in [0.1, 0.15) is 31.4 Å². The number of carbonyl (C=O) groups is 2. The summed E-state index contributed by atoms with van der Waals surface area (Å²) in [5.74, 6) is 0.0151. The van der Waals surface area contributed by atoms with Gasteiger partial charge in [-0.3, -0.25) is 0 Å².